The van der Waals surface area contributed by atoms with Crippen molar-refractivity contribution in [3.8, 4) is 0 Å². The maximum Gasteiger partial charge on any atom is 0.124 e. The van der Waals surface area contributed by atoms with Crippen molar-refractivity contribution in [1.29, 1.82) is 0 Å². The summed E-state index contributed by atoms with van der Waals surface area (Å²) in [6.07, 6.45) is 2.16. The van der Waals surface area contributed by atoms with Crippen molar-refractivity contribution in [2.24, 2.45) is 0 Å². The molecular weight excluding hydrogens is 319 g/mol. The van der Waals surface area contributed by atoms with Crippen LogP contribution in [0.1, 0.15) is 17.5 Å². The predicted octanol–water partition coefficient (Wildman–Crippen LogP) is 4.12. The average Bonchev–Trinajstić information content (AvgIpc) is 2.37. The van der Waals surface area contributed by atoms with Crippen molar-refractivity contribution in [3.05, 3.63) is 57.8 Å². The van der Waals surface area contributed by atoms with Crippen LogP contribution in [-0.2, 0) is 13.0 Å². The molecule has 20 heavy (non-hydrogen) atoms. The van der Waals surface area contributed by atoms with E-state index in [4.69, 9.17) is 5.73 Å². The van der Waals surface area contributed by atoms with Gasteiger partial charge in [-0.25, -0.2) is 4.39 Å². The van der Waals surface area contributed by atoms with Gasteiger partial charge in [-0.2, -0.15) is 0 Å². The molecule has 0 unspecified atom stereocenters. The third-order valence-corrected chi connectivity index (χ3v) is 4.07. The molecule has 0 atom stereocenters. The van der Waals surface area contributed by atoms with E-state index in [1.54, 1.807) is 6.07 Å². The van der Waals surface area contributed by atoms with Crippen molar-refractivity contribution >= 4 is 27.3 Å². The SMILES string of the molecule is Nc1ccc2c(c1)CCCN2Cc1cc(F)cc(Br)c1. The Kier molecular flexibility index (Phi) is 3.66. The van der Waals surface area contributed by atoms with Gasteiger partial charge in [-0.3, -0.25) is 0 Å². The van der Waals surface area contributed by atoms with E-state index >= 15 is 0 Å². The fourth-order valence-electron chi connectivity index (χ4n) is 2.78. The first-order valence-electron chi connectivity index (χ1n) is 6.70. The van der Waals surface area contributed by atoms with Crippen molar-refractivity contribution in [3.63, 3.8) is 0 Å². The zero-order chi connectivity index (χ0) is 14.1. The quantitative estimate of drug-likeness (QED) is 0.837. The Morgan fingerprint density at radius 2 is 2.05 bits per heavy atom. The molecular formula is C16H16BrFN2. The van der Waals surface area contributed by atoms with E-state index < -0.39 is 0 Å². The first kappa shape index (κ1) is 13.4. The zero-order valence-corrected chi connectivity index (χ0v) is 12.7. The molecule has 0 radical (unpaired) electrons. The van der Waals surface area contributed by atoms with Crippen LogP contribution in [0.4, 0.5) is 15.8 Å². The lowest BCUT2D eigenvalue weighted by molar-refractivity contribution is 0.621. The summed E-state index contributed by atoms with van der Waals surface area (Å²) in [5.41, 5.74) is 10.1. The van der Waals surface area contributed by atoms with Crippen LogP contribution in [0.3, 0.4) is 0 Å². The Balaban J connectivity index is 1.89. The maximum atomic E-state index is 13.5. The van der Waals surface area contributed by atoms with E-state index in [0.717, 1.165) is 35.1 Å². The minimum absolute atomic E-state index is 0.205. The molecule has 0 aliphatic carbocycles. The highest BCUT2D eigenvalue weighted by Crippen LogP contribution is 2.30. The fourth-order valence-corrected chi connectivity index (χ4v) is 3.29. The molecule has 0 fully saturated rings. The second-order valence-corrected chi connectivity index (χ2v) is 6.11. The predicted molar refractivity (Wildman–Crippen MR) is 84.3 cm³/mol. The molecule has 2 nitrogen and oxygen atoms in total. The van der Waals surface area contributed by atoms with Crippen molar-refractivity contribution in [1.82, 2.24) is 0 Å². The molecule has 1 heterocycles. The number of nitrogens with two attached hydrogens (primary N) is 1. The number of aryl methyl sites for hydroxylation is 1. The fraction of sp³-hybridized carbons (Fsp3) is 0.250. The summed E-state index contributed by atoms with van der Waals surface area (Å²) in [6.45, 7) is 1.71. The lowest BCUT2D eigenvalue weighted by Gasteiger charge is -2.31. The van der Waals surface area contributed by atoms with Crippen LogP contribution < -0.4 is 10.6 Å². The van der Waals surface area contributed by atoms with E-state index in [1.807, 2.05) is 18.2 Å². The number of hydrogen-bond acceptors (Lipinski definition) is 2. The normalized spacial score (nSPS) is 14.2. The Morgan fingerprint density at radius 3 is 2.85 bits per heavy atom. The molecule has 104 valence electrons. The summed E-state index contributed by atoms with van der Waals surface area (Å²) in [5.74, 6) is -0.205. The first-order chi connectivity index (χ1) is 9.61. The number of anilines is 2. The molecule has 0 aromatic heterocycles. The summed E-state index contributed by atoms with van der Waals surface area (Å²) in [6, 6.07) is 11.1. The van der Waals surface area contributed by atoms with E-state index in [9.17, 15) is 4.39 Å². The van der Waals surface area contributed by atoms with Crippen LogP contribution in [0, 0.1) is 5.82 Å². The average molecular weight is 335 g/mol. The second kappa shape index (κ2) is 5.44. The maximum absolute atomic E-state index is 13.5. The third-order valence-electron chi connectivity index (χ3n) is 3.61. The van der Waals surface area contributed by atoms with Crippen molar-refractivity contribution < 1.29 is 4.39 Å². The van der Waals surface area contributed by atoms with Gasteiger partial charge in [0, 0.05) is 28.9 Å². The summed E-state index contributed by atoms with van der Waals surface area (Å²) in [7, 11) is 0. The number of nitrogens with zero attached hydrogens (tertiary/aromatic N) is 1. The van der Waals surface area contributed by atoms with Crippen LogP contribution in [0.15, 0.2) is 40.9 Å². The van der Waals surface area contributed by atoms with Crippen molar-refractivity contribution in [2.75, 3.05) is 17.2 Å². The highest BCUT2D eigenvalue weighted by molar-refractivity contribution is 9.10. The lowest BCUT2D eigenvalue weighted by Crippen LogP contribution is -2.28. The van der Waals surface area contributed by atoms with Gasteiger partial charge < -0.3 is 10.6 Å². The van der Waals surface area contributed by atoms with Gasteiger partial charge >= 0.3 is 0 Å². The number of fused-ring (bicyclic) bond motifs is 1. The molecule has 1 aliphatic rings. The van der Waals surface area contributed by atoms with E-state index in [-0.39, 0.29) is 5.82 Å². The van der Waals surface area contributed by atoms with Gasteiger partial charge in [-0.05, 0) is 60.4 Å². The highest BCUT2D eigenvalue weighted by atomic mass is 79.9. The van der Waals surface area contributed by atoms with Crippen LogP contribution >= 0.6 is 15.9 Å². The second-order valence-electron chi connectivity index (χ2n) is 5.19. The Labute approximate surface area is 126 Å². The third kappa shape index (κ3) is 2.80. The molecule has 0 saturated heterocycles. The minimum atomic E-state index is -0.205. The lowest BCUT2D eigenvalue weighted by atomic mass is 10.0. The molecule has 2 aromatic rings. The standard InChI is InChI=1S/C16H16BrFN2/c17-13-6-11(7-14(18)9-13)10-20-5-1-2-12-8-15(19)3-4-16(12)20/h3-4,6-9H,1-2,5,10,19H2. The van der Waals surface area contributed by atoms with Gasteiger partial charge in [0.25, 0.3) is 0 Å². The highest BCUT2D eigenvalue weighted by Gasteiger charge is 2.17. The van der Waals surface area contributed by atoms with E-state index in [2.05, 4.69) is 26.9 Å². The number of hydrogen-bond donors (Lipinski definition) is 1. The van der Waals surface area contributed by atoms with Gasteiger partial charge in [0.15, 0.2) is 0 Å². The molecule has 2 N–H and O–H groups in total. The van der Waals surface area contributed by atoms with Gasteiger partial charge in [-0.1, -0.05) is 15.9 Å². The number of nitrogen functional groups attached to an aromatic ring is 1. The topological polar surface area (TPSA) is 29.3 Å². The number of rotatable bonds is 2. The van der Waals surface area contributed by atoms with Crippen LogP contribution in [0.2, 0.25) is 0 Å². The minimum Gasteiger partial charge on any atom is -0.399 e. The molecule has 1 aliphatic heterocycles. The zero-order valence-electron chi connectivity index (χ0n) is 11.1. The largest absolute Gasteiger partial charge is 0.399 e. The van der Waals surface area contributed by atoms with Crippen molar-refractivity contribution in [2.45, 2.75) is 19.4 Å². The summed E-state index contributed by atoms with van der Waals surface area (Å²) >= 11 is 3.34. The molecule has 0 spiro atoms. The number of halogens is 2. The number of benzene rings is 2. The molecule has 0 bridgehead atoms. The van der Waals surface area contributed by atoms with Crippen LogP contribution in [-0.4, -0.2) is 6.54 Å². The van der Waals surface area contributed by atoms with E-state index in [0.29, 0.717) is 6.54 Å². The van der Waals surface area contributed by atoms with E-state index in [1.165, 1.54) is 17.3 Å². The van der Waals surface area contributed by atoms with Gasteiger partial charge in [0.2, 0.25) is 0 Å². The Morgan fingerprint density at radius 1 is 1.20 bits per heavy atom. The molecule has 2 aromatic carbocycles. The Bertz CT molecular complexity index is 622. The van der Waals surface area contributed by atoms with Crippen LogP contribution in [0.5, 0.6) is 0 Å². The summed E-state index contributed by atoms with van der Waals surface area (Å²) in [4.78, 5) is 2.29. The van der Waals surface area contributed by atoms with Gasteiger partial charge in [0.1, 0.15) is 5.82 Å². The monoisotopic (exact) mass is 334 g/mol. The summed E-state index contributed by atoms with van der Waals surface area (Å²) < 4.78 is 14.2. The molecule has 0 saturated carbocycles. The van der Waals surface area contributed by atoms with Gasteiger partial charge in [-0.15, -0.1) is 0 Å². The molecule has 4 heteroatoms. The molecule has 0 amide bonds. The first-order valence-corrected chi connectivity index (χ1v) is 7.49. The summed E-state index contributed by atoms with van der Waals surface area (Å²) in [5, 5.41) is 0. The Hall–Kier alpha value is -1.55. The smallest absolute Gasteiger partial charge is 0.124 e. The van der Waals surface area contributed by atoms with Crippen LogP contribution in [0.25, 0.3) is 0 Å². The molecule has 3 rings (SSSR count). The van der Waals surface area contributed by atoms with Gasteiger partial charge in [0.05, 0.1) is 0 Å².